The molecule has 19 heavy (non-hydrogen) atoms. The number of rotatable bonds is 4. The SMILES string of the molecule is O=S(=O)(NCc1ccncc1)c1ccc(Br)cc1Cl. The molecule has 4 nitrogen and oxygen atoms in total. The van der Waals surface area contributed by atoms with Crippen LogP contribution in [0, 0.1) is 0 Å². The average Bonchev–Trinajstić information content (AvgIpc) is 2.37. The van der Waals surface area contributed by atoms with Crippen LogP contribution in [0.3, 0.4) is 0 Å². The van der Waals surface area contributed by atoms with Crippen LogP contribution in [-0.2, 0) is 16.6 Å². The predicted molar refractivity (Wildman–Crippen MR) is 77.4 cm³/mol. The Morgan fingerprint density at radius 2 is 1.89 bits per heavy atom. The molecule has 0 saturated carbocycles. The fourth-order valence-corrected chi connectivity index (χ4v) is 3.50. The highest BCUT2D eigenvalue weighted by Crippen LogP contribution is 2.25. The van der Waals surface area contributed by atoms with Crippen molar-refractivity contribution in [2.45, 2.75) is 11.4 Å². The summed E-state index contributed by atoms with van der Waals surface area (Å²) < 4.78 is 27.4. The van der Waals surface area contributed by atoms with E-state index in [1.54, 1.807) is 36.7 Å². The largest absolute Gasteiger partial charge is 0.265 e. The first kappa shape index (κ1) is 14.5. The summed E-state index contributed by atoms with van der Waals surface area (Å²) in [5.74, 6) is 0. The monoisotopic (exact) mass is 360 g/mol. The first-order valence-electron chi connectivity index (χ1n) is 5.33. The fraction of sp³-hybridized carbons (Fsp3) is 0.0833. The van der Waals surface area contributed by atoms with Crippen LogP contribution in [0.2, 0.25) is 5.02 Å². The minimum Gasteiger partial charge on any atom is -0.265 e. The lowest BCUT2D eigenvalue weighted by atomic mass is 10.3. The van der Waals surface area contributed by atoms with Gasteiger partial charge in [0.15, 0.2) is 0 Å². The third kappa shape index (κ3) is 3.76. The van der Waals surface area contributed by atoms with Gasteiger partial charge in [0, 0.05) is 23.4 Å². The summed E-state index contributed by atoms with van der Waals surface area (Å²) in [5, 5.41) is 0.177. The Morgan fingerprint density at radius 1 is 1.21 bits per heavy atom. The molecule has 0 aliphatic rings. The van der Waals surface area contributed by atoms with Crippen LogP contribution in [0.25, 0.3) is 0 Å². The number of benzene rings is 1. The lowest BCUT2D eigenvalue weighted by molar-refractivity contribution is 0.581. The maximum Gasteiger partial charge on any atom is 0.242 e. The highest BCUT2D eigenvalue weighted by atomic mass is 79.9. The highest BCUT2D eigenvalue weighted by molar-refractivity contribution is 9.10. The summed E-state index contributed by atoms with van der Waals surface area (Å²) in [5.41, 5.74) is 0.826. The summed E-state index contributed by atoms with van der Waals surface area (Å²) in [4.78, 5) is 3.93. The maximum absolute atomic E-state index is 12.1. The zero-order valence-electron chi connectivity index (χ0n) is 9.68. The quantitative estimate of drug-likeness (QED) is 0.911. The lowest BCUT2D eigenvalue weighted by Crippen LogP contribution is -2.23. The first-order chi connectivity index (χ1) is 8.99. The van der Waals surface area contributed by atoms with E-state index < -0.39 is 10.0 Å². The maximum atomic E-state index is 12.1. The third-order valence-electron chi connectivity index (χ3n) is 2.40. The second-order valence-electron chi connectivity index (χ2n) is 3.75. The molecule has 0 aliphatic heterocycles. The molecule has 0 amide bonds. The molecule has 2 rings (SSSR count). The Labute approximate surface area is 125 Å². The van der Waals surface area contributed by atoms with E-state index in [2.05, 4.69) is 25.6 Å². The number of hydrogen-bond acceptors (Lipinski definition) is 3. The molecule has 0 saturated heterocycles. The van der Waals surface area contributed by atoms with Gasteiger partial charge in [-0.3, -0.25) is 4.98 Å². The Morgan fingerprint density at radius 3 is 2.53 bits per heavy atom. The molecule has 100 valence electrons. The topological polar surface area (TPSA) is 59.1 Å². The molecular weight excluding hydrogens is 352 g/mol. The molecule has 0 radical (unpaired) electrons. The third-order valence-corrected chi connectivity index (χ3v) is 4.78. The second-order valence-corrected chi connectivity index (χ2v) is 6.81. The second kappa shape index (κ2) is 6.00. The summed E-state index contributed by atoms with van der Waals surface area (Å²) in [6.07, 6.45) is 3.21. The summed E-state index contributed by atoms with van der Waals surface area (Å²) in [7, 11) is -3.63. The van der Waals surface area contributed by atoms with Crippen molar-refractivity contribution in [1.82, 2.24) is 9.71 Å². The van der Waals surface area contributed by atoms with Gasteiger partial charge in [-0.25, -0.2) is 13.1 Å². The Bertz CT molecular complexity index is 677. The molecule has 1 aromatic heterocycles. The average molecular weight is 362 g/mol. The smallest absolute Gasteiger partial charge is 0.242 e. The van der Waals surface area contributed by atoms with Crippen molar-refractivity contribution in [1.29, 1.82) is 0 Å². The number of halogens is 2. The van der Waals surface area contributed by atoms with E-state index in [0.717, 1.165) is 10.0 Å². The number of hydrogen-bond donors (Lipinski definition) is 1. The molecule has 0 aliphatic carbocycles. The summed E-state index contributed by atoms with van der Waals surface area (Å²) in [6, 6.07) is 8.12. The fourth-order valence-electron chi connectivity index (χ4n) is 1.45. The zero-order valence-corrected chi connectivity index (χ0v) is 12.8. The normalized spacial score (nSPS) is 11.5. The Hall–Kier alpha value is -0.950. The minimum absolute atomic E-state index is 0.0615. The predicted octanol–water partition coefficient (Wildman–Crippen LogP) is 2.98. The van der Waals surface area contributed by atoms with E-state index in [9.17, 15) is 8.42 Å². The van der Waals surface area contributed by atoms with Crippen molar-refractivity contribution >= 4 is 37.6 Å². The molecule has 0 fully saturated rings. The van der Waals surface area contributed by atoms with Gasteiger partial charge in [-0.2, -0.15) is 0 Å². The number of aromatic nitrogens is 1. The van der Waals surface area contributed by atoms with Gasteiger partial charge >= 0.3 is 0 Å². The summed E-state index contributed by atoms with van der Waals surface area (Å²) >= 11 is 9.17. The highest BCUT2D eigenvalue weighted by Gasteiger charge is 2.17. The van der Waals surface area contributed by atoms with Crippen LogP contribution >= 0.6 is 27.5 Å². The van der Waals surface area contributed by atoms with Crippen LogP contribution in [-0.4, -0.2) is 13.4 Å². The first-order valence-corrected chi connectivity index (χ1v) is 7.98. The molecule has 0 unspecified atom stereocenters. The zero-order chi connectivity index (χ0) is 13.9. The van der Waals surface area contributed by atoms with E-state index in [4.69, 9.17) is 11.6 Å². The molecule has 1 aromatic carbocycles. The Balaban J connectivity index is 2.19. The Kier molecular flexibility index (Phi) is 4.57. The van der Waals surface area contributed by atoms with Crippen molar-refractivity contribution in [3.05, 3.63) is 57.8 Å². The van der Waals surface area contributed by atoms with Crippen molar-refractivity contribution < 1.29 is 8.42 Å². The number of nitrogens with one attached hydrogen (secondary N) is 1. The van der Waals surface area contributed by atoms with E-state index in [1.165, 1.54) is 6.07 Å². The molecule has 0 bridgehead atoms. The van der Waals surface area contributed by atoms with Gasteiger partial charge in [-0.1, -0.05) is 27.5 Å². The van der Waals surface area contributed by atoms with Gasteiger partial charge in [0.05, 0.1) is 5.02 Å². The van der Waals surface area contributed by atoms with Gasteiger partial charge in [0.25, 0.3) is 0 Å². The van der Waals surface area contributed by atoms with Crippen LogP contribution in [0.1, 0.15) is 5.56 Å². The minimum atomic E-state index is -3.63. The van der Waals surface area contributed by atoms with Gasteiger partial charge in [-0.15, -0.1) is 0 Å². The van der Waals surface area contributed by atoms with Crippen molar-refractivity contribution in [3.8, 4) is 0 Å². The van der Waals surface area contributed by atoms with Crippen molar-refractivity contribution in [2.75, 3.05) is 0 Å². The molecular formula is C12H10BrClN2O2S. The van der Waals surface area contributed by atoms with Gasteiger partial charge in [0.1, 0.15) is 4.90 Å². The van der Waals surface area contributed by atoms with Gasteiger partial charge < -0.3 is 0 Å². The van der Waals surface area contributed by atoms with Crippen LogP contribution in [0.5, 0.6) is 0 Å². The summed E-state index contributed by atoms with van der Waals surface area (Å²) in [6.45, 7) is 0.192. The van der Waals surface area contributed by atoms with Crippen molar-refractivity contribution in [2.24, 2.45) is 0 Å². The van der Waals surface area contributed by atoms with E-state index >= 15 is 0 Å². The van der Waals surface area contributed by atoms with E-state index in [-0.39, 0.29) is 16.5 Å². The van der Waals surface area contributed by atoms with E-state index in [1.807, 2.05) is 0 Å². The van der Waals surface area contributed by atoms with Gasteiger partial charge in [-0.05, 0) is 35.9 Å². The van der Waals surface area contributed by atoms with Crippen molar-refractivity contribution in [3.63, 3.8) is 0 Å². The molecule has 1 N–H and O–H groups in total. The van der Waals surface area contributed by atoms with E-state index in [0.29, 0.717) is 0 Å². The van der Waals surface area contributed by atoms with Crippen LogP contribution in [0.4, 0.5) is 0 Å². The number of pyridine rings is 1. The standard InChI is InChI=1S/C12H10BrClN2O2S/c13-10-1-2-12(11(14)7-10)19(17,18)16-8-9-3-5-15-6-4-9/h1-7,16H,8H2. The van der Waals surface area contributed by atoms with Crippen LogP contribution in [0.15, 0.2) is 52.1 Å². The van der Waals surface area contributed by atoms with Crippen LogP contribution < -0.4 is 4.72 Å². The molecule has 0 spiro atoms. The molecule has 1 heterocycles. The number of sulfonamides is 1. The lowest BCUT2D eigenvalue weighted by Gasteiger charge is -2.08. The number of nitrogens with zero attached hydrogens (tertiary/aromatic N) is 1. The van der Waals surface area contributed by atoms with Gasteiger partial charge in [0.2, 0.25) is 10.0 Å². The molecule has 7 heteroatoms. The molecule has 0 atom stereocenters. The molecule has 2 aromatic rings.